The molecule has 0 bridgehead atoms. The van der Waals surface area contributed by atoms with Crippen LogP contribution in [0.1, 0.15) is 25.3 Å². The SMILES string of the molecule is Cc1c(NN)ncnc1N1CCCC1C. The van der Waals surface area contributed by atoms with Crippen LogP contribution in [0.5, 0.6) is 0 Å². The molecule has 2 heterocycles. The molecule has 15 heavy (non-hydrogen) atoms. The summed E-state index contributed by atoms with van der Waals surface area (Å²) in [6, 6.07) is 0.559. The molecular weight excluding hydrogens is 190 g/mol. The molecule has 1 saturated heterocycles. The van der Waals surface area contributed by atoms with Crippen molar-refractivity contribution in [2.45, 2.75) is 32.7 Å². The van der Waals surface area contributed by atoms with Gasteiger partial charge in [0.15, 0.2) is 0 Å². The third kappa shape index (κ3) is 1.74. The predicted octanol–water partition coefficient (Wildman–Crippen LogP) is 1.06. The molecule has 5 heteroatoms. The third-order valence-corrected chi connectivity index (χ3v) is 3.02. The van der Waals surface area contributed by atoms with Crippen molar-refractivity contribution in [3.8, 4) is 0 Å². The Kier molecular flexibility index (Phi) is 2.73. The second kappa shape index (κ2) is 4.02. The number of aromatic nitrogens is 2. The molecule has 0 amide bonds. The highest BCUT2D eigenvalue weighted by Gasteiger charge is 2.23. The minimum atomic E-state index is 0.559. The van der Waals surface area contributed by atoms with Gasteiger partial charge in [0.25, 0.3) is 0 Å². The van der Waals surface area contributed by atoms with Crippen LogP contribution in [-0.2, 0) is 0 Å². The Balaban J connectivity index is 2.35. The van der Waals surface area contributed by atoms with Crippen molar-refractivity contribution in [3.63, 3.8) is 0 Å². The number of hydrogen-bond donors (Lipinski definition) is 2. The second-order valence-electron chi connectivity index (χ2n) is 4.00. The smallest absolute Gasteiger partial charge is 0.148 e. The Morgan fingerprint density at radius 3 is 2.93 bits per heavy atom. The van der Waals surface area contributed by atoms with E-state index >= 15 is 0 Å². The first-order chi connectivity index (χ1) is 7.24. The molecule has 0 saturated carbocycles. The van der Waals surface area contributed by atoms with Gasteiger partial charge in [-0.25, -0.2) is 15.8 Å². The molecule has 1 aliphatic heterocycles. The molecule has 82 valence electrons. The molecule has 0 spiro atoms. The van der Waals surface area contributed by atoms with Crippen LogP contribution in [0.25, 0.3) is 0 Å². The lowest BCUT2D eigenvalue weighted by atomic mass is 10.2. The molecule has 0 aromatic carbocycles. The highest BCUT2D eigenvalue weighted by molar-refractivity contribution is 5.58. The number of nitrogens with one attached hydrogen (secondary N) is 1. The summed E-state index contributed by atoms with van der Waals surface area (Å²) in [6.45, 7) is 5.29. The number of nitrogens with zero attached hydrogens (tertiary/aromatic N) is 3. The molecule has 1 unspecified atom stereocenters. The molecule has 1 fully saturated rings. The van der Waals surface area contributed by atoms with Gasteiger partial charge >= 0.3 is 0 Å². The van der Waals surface area contributed by atoms with E-state index in [1.165, 1.54) is 12.8 Å². The van der Waals surface area contributed by atoms with Crippen LogP contribution >= 0.6 is 0 Å². The van der Waals surface area contributed by atoms with E-state index in [0.29, 0.717) is 11.9 Å². The molecule has 3 N–H and O–H groups in total. The number of nitrogens with two attached hydrogens (primary N) is 1. The number of nitrogen functional groups attached to an aromatic ring is 1. The van der Waals surface area contributed by atoms with Crippen LogP contribution in [0.4, 0.5) is 11.6 Å². The molecule has 1 aromatic heterocycles. The van der Waals surface area contributed by atoms with Crippen LogP contribution in [0, 0.1) is 6.92 Å². The Bertz CT molecular complexity index is 352. The van der Waals surface area contributed by atoms with E-state index in [9.17, 15) is 0 Å². The van der Waals surface area contributed by atoms with Gasteiger partial charge in [-0.15, -0.1) is 0 Å². The van der Waals surface area contributed by atoms with Crippen LogP contribution in [-0.4, -0.2) is 22.6 Å². The summed E-state index contributed by atoms with van der Waals surface area (Å²) in [7, 11) is 0. The maximum atomic E-state index is 5.39. The molecule has 1 aliphatic rings. The Labute approximate surface area is 89.7 Å². The zero-order valence-electron chi connectivity index (χ0n) is 9.20. The normalized spacial score (nSPS) is 20.7. The van der Waals surface area contributed by atoms with Crippen molar-refractivity contribution < 1.29 is 0 Å². The highest BCUT2D eigenvalue weighted by Crippen LogP contribution is 2.28. The van der Waals surface area contributed by atoms with Crippen molar-refractivity contribution in [1.29, 1.82) is 0 Å². The lowest BCUT2D eigenvalue weighted by Gasteiger charge is -2.24. The second-order valence-corrected chi connectivity index (χ2v) is 4.00. The maximum absolute atomic E-state index is 5.39. The van der Waals surface area contributed by atoms with Crippen molar-refractivity contribution in [2.75, 3.05) is 16.9 Å². The number of hydrazine groups is 1. The van der Waals surface area contributed by atoms with Crippen molar-refractivity contribution >= 4 is 11.6 Å². The van der Waals surface area contributed by atoms with Gasteiger partial charge in [0, 0.05) is 18.2 Å². The Morgan fingerprint density at radius 1 is 1.53 bits per heavy atom. The first-order valence-electron chi connectivity index (χ1n) is 5.29. The summed E-state index contributed by atoms with van der Waals surface area (Å²) in [5.74, 6) is 7.10. The van der Waals surface area contributed by atoms with E-state index in [4.69, 9.17) is 5.84 Å². The number of rotatable bonds is 2. The fourth-order valence-electron chi connectivity index (χ4n) is 2.12. The van der Waals surface area contributed by atoms with Gasteiger partial charge in [-0.3, -0.25) is 0 Å². The van der Waals surface area contributed by atoms with Crippen LogP contribution < -0.4 is 16.2 Å². The number of anilines is 2. The zero-order valence-corrected chi connectivity index (χ0v) is 9.20. The summed E-state index contributed by atoms with van der Waals surface area (Å²) in [5.41, 5.74) is 3.62. The van der Waals surface area contributed by atoms with Gasteiger partial charge in [0.1, 0.15) is 18.0 Å². The zero-order chi connectivity index (χ0) is 10.8. The Morgan fingerprint density at radius 2 is 2.33 bits per heavy atom. The van der Waals surface area contributed by atoms with Crippen molar-refractivity contribution in [2.24, 2.45) is 5.84 Å². The molecule has 1 aromatic rings. The lowest BCUT2D eigenvalue weighted by Crippen LogP contribution is -2.28. The average Bonchev–Trinajstić information content (AvgIpc) is 2.65. The molecule has 1 atom stereocenters. The number of hydrogen-bond acceptors (Lipinski definition) is 5. The standard InChI is InChI=1S/C10H17N5/c1-7-4-3-5-15(7)10-8(2)9(14-11)12-6-13-10/h6-7H,3-5,11H2,1-2H3,(H,12,13,14). The summed E-state index contributed by atoms with van der Waals surface area (Å²) < 4.78 is 0. The van der Waals surface area contributed by atoms with E-state index in [0.717, 1.165) is 17.9 Å². The summed E-state index contributed by atoms with van der Waals surface area (Å²) >= 11 is 0. The minimum absolute atomic E-state index is 0.559. The van der Waals surface area contributed by atoms with Gasteiger partial charge in [-0.05, 0) is 26.7 Å². The minimum Gasteiger partial charge on any atom is -0.354 e. The van der Waals surface area contributed by atoms with Gasteiger partial charge < -0.3 is 10.3 Å². The predicted molar refractivity (Wildman–Crippen MR) is 60.6 cm³/mol. The largest absolute Gasteiger partial charge is 0.354 e. The van der Waals surface area contributed by atoms with Gasteiger partial charge in [0.2, 0.25) is 0 Å². The first-order valence-corrected chi connectivity index (χ1v) is 5.29. The van der Waals surface area contributed by atoms with Gasteiger partial charge in [0.05, 0.1) is 0 Å². The van der Waals surface area contributed by atoms with Crippen LogP contribution in [0.2, 0.25) is 0 Å². The third-order valence-electron chi connectivity index (χ3n) is 3.02. The lowest BCUT2D eigenvalue weighted by molar-refractivity contribution is 0.724. The molecule has 0 aliphatic carbocycles. The highest BCUT2D eigenvalue weighted by atomic mass is 15.3. The molecule has 5 nitrogen and oxygen atoms in total. The van der Waals surface area contributed by atoms with Gasteiger partial charge in [-0.2, -0.15) is 0 Å². The van der Waals surface area contributed by atoms with E-state index in [2.05, 4.69) is 27.2 Å². The van der Waals surface area contributed by atoms with Crippen LogP contribution in [0.3, 0.4) is 0 Å². The monoisotopic (exact) mass is 207 g/mol. The Hall–Kier alpha value is -1.36. The van der Waals surface area contributed by atoms with Gasteiger partial charge in [-0.1, -0.05) is 0 Å². The maximum Gasteiger partial charge on any atom is 0.148 e. The van der Waals surface area contributed by atoms with Crippen molar-refractivity contribution in [3.05, 3.63) is 11.9 Å². The molecule has 0 radical (unpaired) electrons. The average molecular weight is 207 g/mol. The van der Waals surface area contributed by atoms with E-state index in [-0.39, 0.29) is 0 Å². The topological polar surface area (TPSA) is 67.1 Å². The molecular formula is C10H17N5. The summed E-state index contributed by atoms with van der Waals surface area (Å²) in [4.78, 5) is 10.7. The van der Waals surface area contributed by atoms with Crippen molar-refractivity contribution in [1.82, 2.24) is 9.97 Å². The van der Waals surface area contributed by atoms with E-state index in [1.54, 1.807) is 6.33 Å². The molecule has 2 rings (SSSR count). The van der Waals surface area contributed by atoms with Crippen LogP contribution in [0.15, 0.2) is 6.33 Å². The summed E-state index contributed by atoms with van der Waals surface area (Å²) in [6.07, 6.45) is 4.02. The quantitative estimate of drug-likeness (QED) is 0.560. The first kappa shape index (κ1) is 10.2. The van der Waals surface area contributed by atoms with E-state index < -0.39 is 0 Å². The fraction of sp³-hybridized carbons (Fsp3) is 0.600. The summed E-state index contributed by atoms with van der Waals surface area (Å²) in [5, 5.41) is 0. The fourth-order valence-corrected chi connectivity index (χ4v) is 2.12. The van der Waals surface area contributed by atoms with E-state index in [1.807, 2.05) is 6.92 Å².